The second-order valence-electron chi connectivity index (χ2n) is 0. The first-order valence-electron chi connectivity index (χ1n) is 0. The molecule has 68 valence electrons. The third kappa shape index (κ3) is 172. The first kappa shape index (κ1) is 381. The predicted octanol–water partition coefficient (Wildman–Crippen LogP) is -4.53. The molecule has 8 heteroatoms. The number of halogens is 1. The Kier molecular flexibility index (Phi) is 12500. The van der Waals surface area contributed by atoms with Crippen LogP contribution in [0.15, 0.2) is 0 Å². The molecule has 0 spiro atoms. The van der Waals surface area contributed by atoms with Crippen molar-refractivity contribution in [3.8, 4) is 0 Å². The number of hydrogen-bond acceptors (Lipinski definition) is 0. The van der Waals surface area contributed by atoms with Gasteiger partial charge in [0.25, 0.3) is 0 Å². The smallest absolute Gasteiger partial charge is 0 e. The van der Waals surface area contributed by atoms with Crippen LogP contribution in [0.5, 0.6) is 0 Å². The Hall–Kier alpha value is 1.30. The molecule has 0 saturated heterocycles. The van der Waals surface area contributed by atoms with Crippen LogP contribution in [0.1, 0.15) is 0 Å². The van der Waals surface area contributed by atoms with E-state index in [0.717, 1.165) is 0 Å². The quantitative estimate of drug-likeness (QED) is 0.417. The molecule has 0 unspecified atom stereocenters. The zero-order valence-corrected chi connectivity index (χ0v) is 6.37. The zero-order chi connectivity index (χ0) is 0. The summed E-state index contributed by atoms with van der Waals surface area (Å²) in [5, 5.41) is 0. The van der Waals surface area contributed by atoms with Crippen molar-refractivity contribution >= 4 is 12.4 Å². The fraction of sp³-hybridized carbons (Fsp3) is 0. The van der Waals surface area contributed by atoms with E-state index in [1.807, 2.05) is 0 Å². The van der Waals surface area contributed by atoms with Gasteiger partial charge in [-0.3, -0.25) is 0 Å². The summed E-state index contributed by atoms with van der Waals surface area (Å²) in [6, 6.07) is 0. The van der Waals surface area contributed by atoms with E-state index < -0.39 is 0 Å². The molecule has 0 radical (unpaired) electrons. The maximum absolute atomic E-state index is 0. The Morgan fingerprint density at radius 1 is 0.375 bits per heavy atom. The summed E-state index contributed by atoms with van der Waals surface area (Å²) >= 11 is 0. The molecule has 0 aromatic heterocycles. The first-order chi connectivity index (χ1) is 0. The number of hydrogen-bond donors (Lipinski definition) is 0. The van der Waals surface area contributed by atoms with Crippen LogP contribution < -0.4 is 0 Å². The van der Waals surface area contributed by atoms with Gasteiger partial charge < -0.3 is 32.9 Å². The van der Waals surface area contributed by atoms with Gasteiger partial charge in [0.15, 0.2) is 0 Å². The Bertz CT molecular complexity index is 8.49. The van der Waals surface area contributed by atoms with E-state index in [9.17, 15) is 0 Å². The van der Waals surface area contributed by atoms with Crippen molar-refractivity contribution in [1.29, 1.82) is 0 Å². The summed E-state index contributed by atoms with van der Waals surface area (Å²) in [6.45, 7) is 0. The second-order valence-corrected chi connectivity index (χ2v) is 0. The average Bonchev–Trinajstić information content (AvgIpc) is 0. The summed E-state index contributed by atoms with van der Waals surface area (Å²) in [5.74, 6) is 0. The largest absolute Gasteiger partial charge is 0.412 e. The molecule has 6 nitrogen and oxygen atoms in total. The molecule has 0 amide bonds. The predicted molar refractivity (Wildman–Crippen MR) is 28.9 cm³/mol. The van der Waals surface area contributed by atoms with Crippen molar-refractivity contribution in [2.75, 3.05) is 0 Å². The maximum Gasteiger partial charge on any atom is 0 e. The summed E-state index contributed by atoms with van der Waals surface area (Å²) in [5.41, 5.74) is 0. The van der Waals surface area contributed by atoms with E-state index in [-0.39, 0.29) is 82.6 Å². The standard InChI is InChI=1S/ClH.Er.6H2O/h1H;;6*1H2. The molecule has 0 heterocycles. The molecule has 8 heavy (non-hydrogen) atoms. The molecule has 0 fully saturated rings. The zero-order valence-electron chi connectivity index (χ0n) is 3.70. The van der Waals surface area contributed by atoms with Crippen molar-refractivity contribution in [1.82, 2.24) is 0 Å². The maximum atomic E-state index is 0. The van der Waals surface area contributed by atoms with Crippen LogP contribution in [0.2, 0.25) is 0 Å². The molecule has 0 rings (SSSR count). The fourth-order valence-corrected chi connectivity index (χ4v) is 0. The van der Waals surface area contributed by atoms with Crippen molar-refractivity contribution in [3.63, 3.8) is 0 Å². The summed E-state index contributed by atoms with van der Waals surface area (Å²) in [7, 11) is 0. The molecule has 0 aliphatic heterocycles. The molecule has 0 aliphatic rings. The van der Waals surface area contributed by atoms with Gasteiger partial charge in [0.1, 0.15) is 0 Å². The molecule has 0 bridgehead atoms. The van der Waals surface area contributed by atoms with E-state index in [1.54, 1.807) is 0 Å². The van der Waals surface area contributed by atoms with Crippen LogP contribution in [-0.2, 0) is 0 Å². The average molecular weight is 312 g/mol. The van der Waals surface area contributed by atoms with Crippen molar-refractivity contribution in [2.45, 2.75) is 0 Å². The van der Waals surface area contributed by atoms with E-state index in [0.29, 0.717) is 0 Å². The van der Waals surface area contributed by atoms with Gasteiger partial charge in [0.05, 0.1) is 0 Å². The third-order valence-corrected chi connectivity index (χ3v) is 0. The van der Waals surface area contributed by atoms with E-state index in [4.69, 9.17) is 0 Å². The minimum absolute atomic E-state index is 0. The first-order valence-corrected chi connectivity index (χ1v) is 0. The summed E-state index contributed by atoms with van der Waals surface area (Å²) in [4.78, 5) is 0. The van der Waals surface area contributed by atoms with Crippen molar-refractivity contribution < 1.29 is 70.2 Å². The second kappa shape index (κ2) is 263. The SMILES string of the molecule is Cl.O.O.O.O.O.O.[Er]. The van der Waals surface area contributed by atoms with Gasteiger partial charge in [-0.2, -0.15) is 0 Å². The normalized spacial score (nSPS) is 0. The fourth-order valence-electron chi connectivity index (χ4n) is 0. The topological polar surface area (TPSA) is 189 Å². The Balaban J connectivity index is 0. The molecule has 0 aromatic carbocycles. The summed E-state index contributed by atoms with van der Waals surface area (Å²) < 4.78 is 0. The van der Waals surface area contributed by atoms with Gasteiger partial charge in [-0.15, -0.1) is 12.4 Å². The molecule has 12 N–H and O–H groups in total. The van der Waals surface area contributed by atoms with Crippen LogP contribution in [0.4, 0.5) is 0 Å². The van der Waals surface area contributed by atoms with Gasteiger partial charge in [0, 0.05) is 37.3 Å². The molecule has 0 aromatic rings. The van der Waals surface area contributed by atoms with Crippen molar-refractivity contribution in [3.05, 3.63) is 0 Å². The minimum atomic E-state index is 0. The van der Waals surface area contributed by atoms with E-state index >= 15 is 0 Å². The molecular formula is H13ClErO6. The molecule has 0 atom stereocenters. The third-order valence-electron chi connectivity index (χ3n) is 0. The summed E-state index contributed by atoms with van der Waals surface area (Å²) in [6.07, 6.45) is 0. The minimum Gasteiger partial charge on any atom is -0.412 e. The van der Waals surface area contributed by atoms with Crippen LogP contribution in [-0.4, -0.2) is 32.9 Å². The van der Waals surface area contributed by atoms with Crippen LogP contribution in [0.3, 0.4) is 0 Å². The Labute approximate surface area is 82.1 Å². The van der Waals surface area contributed by atoms with Gasteiger partial charge in [0.2, 0.25) is 0 Å². The van der Waals surface area contributed by atoms with Crippen LogP contribution >= 0.6 is 12.4 Å². The van der Waals surface area contributed by atoms with Gasteiger partial charge in [-0.05, 0) is 0 Å². The van der Waals surface area contributed by atoms with Crippen LogP contribution in [0.25, 0.3) is 0 Å². The van der Waals surface area contributed by atoms with Crippen molar-refractivity contribution in [2.24, 2.45) is 0 Å². The van der Waals surface area contributed by atoms with Gasteiger partial charge in [-0.25, -0.2) is 0 Å². The molecule has 0 saturated carbocycles. The van der Waals surface area contributed by atoms with Gasteiger partial charge in [-0.1, -0.05) is 0 Å². The Morgan fingerprint density at radius 2 is 0.375 bits per heavy atom. The van der Waals surface area contributed by atoms with Gasteiger partial charge >= 0.3 is 0 Å². The van der Waals surface area contributed by atoms with E-state index in [1.165, 1.54) is 0 Å². The van der Waals surface area contributed by atoms with E-state index in [2.05, 4.69) is 0 Å². The molecular weight excluding hydrogens is 299 g/mol. The van der Waals surface area contributed by atoms with Crippen LogP contribution in [0, 0.1) is 37.3 Å². The monoisotopic (exact) mass is 310 g/mol. The Morgan fingerprint density at radius 3 is 0.375 bits per heavy atom. The number of rotatable bonds is 0. The molecule has 0 aliphatic carbocycles.